The molecule has 0 radical (unpaired) electrons. The van der Waals surface area contributed by atoms with Crippen LogP contribution in [0.3, 0.4) is 0 Å². The minimum absolute atomic E-state index is 0.0266. The summed E-state index contributed by atoms with van der Waals surface area (Å²) in [7, 11) is -4.23. The van der Waals surface area contributed by atoms with Gasteiger partial charge in [0.05, 0.1) is 0 Å². The van der Waals surface area contributed by atoms with Crippen LogP contribution in [0.25, 0.3) is 0 Å². The van der Waals surface area contributed by atoms with Crippen molar-refractivity contribution in [3.8, 4) is 0 Å². The maximum absolute atomic E-state index is 12.3. The summed E-state index contributed by atoms with van der Waals surface area (Å²) < 4.78 is 25.6. The van der Waals surface area contributed by atoms with Crippen LogP contribution in [0, 0.1) is 5.41 Å². The Balaban J connectivity index is 3.68. The third-order valence-electron chi connectivity index (χ3n) is 1.78. The molecule has 0 fully saturated rings. The fourth-order valence-electron chi connectivity index (χ4n) is 1.15. The lowest BCUT2D eigenvalue weighted by atomic mass is 10.4. The standard InChI is InChI=1S/C7H7Br3N4O3S/c1-2(15)3(6(11)12)18(16,17)14-5(9)4(8)13-7(14)10/h15H,1H3,(H3,11,12)/b3-2+. The Morgan fingerprint density at radius 1 is 1.44 bits per heavy atom. The zero-order chi connectivity index (χ0) is 14.2. The molecule has 0 unspecified atom stereocenters. The van der Waals surface area contributed by atoms with E-state index in [0.717, 1.165) is 10.9 Å². The Kier molecular flexibility index (Phi) is 4.62. The van der Waals surface area contributed by atoms with Crippen LogP contribution in [0.15, 0.2) is 24.6 Å². The van der Waals surface area contributed by atoms with Crippen molar-refractivity contribution in [1.29, 1.82) is 5.41 Å². The van der Waals surface area contributed by atoms with Gasteiger partial charge in [0.15, 0.2) is 9.64 Å². The number of aromatic nitrogens is 2. The predicted molar refractivity (Wildman–Crippen MR) is 76.9 cm³/mol. The number of amidine groups is 1. The van der Waals surface area contributed by atoms with E-state index in [1.54, 1.807) is 0 Å². The van der Waals surface area contributed by atoms with E-state index in [2.05, 4.69) is 52.8 Å². The van der Waals surface area contributed by atoms with Gasteiger partial charge in [-0.25, -0.2) is 17.4 Å². The molecule has 0 spiro atoms. The van der Waals surface area contributed by atoms with Crippen molar-refractivity contribution in [3.63, 3.8) is 0 Å². The van der Waals surface area contributed by atoms with E-state index >= 15 is 0 Å². The number of nitrogens with zero attached hydrogens (tertiary/aromatic N) is 2. The fourth-order valence-corrected chi connectivity index (χ4v) is 5.22. The summed E-state index contributed by atoms with van der Waals surface area (Å²) >= 11 is 9.05. The molecule has 0 saturated carbocycles. The van der Waals surface area contributed by atoms with Gasteiger partial charge in [-0.15, -0.1) is 0 Å². The first-order valence-corrected chi connectivity index (χ1v) is 8.01. The third kappa shape index (κ3) is 2.63. The first-order valence-electron chi connectivity index (χ1n) is 4.19. The van der Waals surface area contributed by atoms with E-state index in [9.17, 15) is 13.5 Å². The summed E-state index contributed by atoms with van der Waals surface area (Å²) in [5, 5.41) is 16.6. The first kappa shape index (κ1) is 15.7. The maximum atomic E-state index is 12.3. The Labute approximate surface area is 128 Å². The predicted octanol–water partition coefficient (Wildman–Crippen LogP) is 2.07. The second-order valence-corrected chi connectivity index (χ2v) is 7.00. The van der Waals surface area contributed by atoms with Gasteiger partial charge in [-0.05, 0) is 54.7 Å². The molecule has 11 heteroatoms. The summed E-state index contributed by atoms with van der Waals surface area (Å²) in [5.41, 5.74) is 5.18. The van der Waals surface area contributed by atoms with E-state index in [1.165, 1.54) is 0 Å². The second kappa shape index (κ2) is 5.31. The Morgan fingerprint density at radius 3 is 2.22 bits per heavy atom. The van der Waals surface area contributed by atoms with Crippen LogP contribution < -0.4 is 5.73 Å². The summed E-state index contributed by atoms with van der Waals surface area (Å²) in [6.07, 6.45) is 0. The number of aliphatic hydroxyl groups excluding tert-OH is 1. The number of hydrogen-bond acceptors (Lipinski definition) is 5. The minimum Gasteiger partial charge on any atom is -0.511 e. The molecule has 0 aliphatic rings. The lowest BCUT2D eigenvalue weighted by Gasteiger charge is -2.11. The Bertz CT molecular complexity index is 645. The molecule has 0 amide bonds. The van der Waals surface area contributed by atoms with E-state index in [1.807, 2.05) is 0 Å². The highest BCUT2D eigenvalue weighted by molar-refractivity contribution is 9.13. The summed E-state index contributed by atoms with van der Waals surface area (Å²) in [6, 6.07) is 0. The quantitative estimate of drug-likeness (QED) is 0.357. The summed E-state index contributed by atoms with van der Waals surface area (Å²) in [5.74, 6) is -1.34. The van der Waals surface area contributed by atoms with Crippen LogP contribution in [0.2, 0.25) is 0 Å². The van der Waals surface area contributed by atoms with Gasteiger partial charge in [-0.1, -0.05) is 0 Å². The molecular weight excluding hydrogens is 460 g/mol. The lowest BCUT2D eigenvalue weighted by molar-refractivity contribution is 0.412. The van der Waals surface area contributed by atoms with E-state index in [-0.39, 0.29) is 13.9 Å². The molecule has 0 saturated heterocycles. The van der Waals surface area contributed by atoms with Gasteiger partial charge in [0.2, 0.25) is 0 Å². The smallest absolute Gasteiger partial charge is 0.277 e. The van der Waals surface area contributed by atoms with Crippen molar-refractivity contribution in [1.82, 2.24) is 8.96 Å². The van der Waals surface area contributed by atoms with Gasteiger partial charge in [0.25, 0.3) is 10.0 Å². The Morgan fingerprint density at radius 2 is 1.94 bits per heavy atom. The van der Waals surface area contributed by atoms with Crippen LogP contribution in [-0.2, 0) is 10.0 Å². The highest BCUT2D eigenvalue weighted by Crippen LogP contribution is 2.31. The number of nitrogens with one attached hydrogen (secondary N) is 1. The zero-order valence-electron chi connectivity index (χ0n) is 8.78. The van der Waals surface area contributed by atoms with Crippen LogP contribution in [-0.4, -0.2) is 28.3 Å². The van der Waals surface area contributed by atoms with Gasteiger partial charge in [-0.3, -0.25) is 5.41 Å². The van der Waals surface area contributed by atoms with Crippen LogP contribution in [0.4, 0.5) is 0 Å². The fraction of sp³-hybridized carbons (Fsp3) is 0.143. The molecule has 0 aromatic carbocycles. The molecule has 0 bridgehead atoms. The van der Waals surface area contributed by atoms with Gasteiger partial charge < -0.3 is 10.8 Å². The number of halogens is 3. The maximum Gasteiger partial charge on any atom is 0.277 e. The molecule has 0 aliphatic carbocycles. The molecule has 1 rings (SSSR count). The minimum atomic E-state index is -4.23. The number of allylic oxidation sites excluding steroid dienone is 1. The Hall–Kier alpha value is -0.390. The van der Waals surface area contributed by atoms with Crippen LogP contribution in [0.5, 0.6) is 0 Å². The monoisotopic (exact) mass is 464 g/mol. The second-order valence-electron chi connectivity index (χ2n) is 3.06. The number of aliphatic hydroxyl groups is 1. The molecule has 1 aromatic rings. The van der Waals surface area contributed by atoms with E-state index in [4.69, 9.17) is 11.1 Å². The number of nitrogens with two attached hydrogens (primary N) is 1. The van der Waals surface area contributed by atoms with Crippen molar-refractivity contribution >= 4 is 63.6 Å². The molecule has 0 aliphatic heterocycles. The lowest BCUT2D eigenvalue weighted by Crippen LogP contribution is -2.26. The number of imidazole rings is 1. The van der Waals surface area contributed by atoms with Crippen molar-refractivity contribution < 1.29 is 13.5 Å². The van der Waals surface area contributed by atoms with Crippen molar-refractivity contribution in [2.45, 2.75) is 6.92 Å². The molecule has 1 heterocycles. The number of rotatable bonds is 3. The van der Waals surface area contributed by atoms with Gasteiger partial charge in [0, 0.05) is 0 Å². The molecule has 0 atom stereocenters. The topological polar surface area (TPSA) is 122 Å². The summed E-state index contributed by atoms with van der Waals surface area (Å²) in [4.78, 5) is 3.15. The molecular formula is C7H7Br3N4O3S. The van der Waals surface area contributed by atoms with Gasteiger partial charge in [0.1, 0.15) is 20.8 Å². The van der Waals surface area contributed by atoms with E-state index < -0.39 is 26.5 Å². The van der Waals surface area contributed by atoms with Crippen molar-refractivity contribution in [3.05, 3.63) is 24.6 Å². The molecule has 4 N–H and O–H groups in total. The van der Waals surface area contributed by atoms with Crippen molar-refractivity contribution in [2.75, 3.05) is 0 Å². The average molecular weight is 467 g/mol. The van der Waals surface area contributed by atoms with Gasteiger partial charge >= 0.3 is 0 Å². The van der Waals surface area contributed by atoms with Crippen LogP contribution >= 0.6 is 47.8 Å². The van der Waals surface area contributed by atoms with E-state index in [0.29, 0.717) is 0 Å². The van der Waals surface area contributed by atoms with Crippen molar-refractivity contribution in [2.24, 2.45) is 5.73 Å². The normalized spacial score (nSPS) is 13.3. The van der Waals surface area contributed by atoms with Crippen LogP contribution in [0.1, 0.15) is 6.92 Å². The SMILES string of the molecule is C/C(O)=C(/C(=N)N)S(=O)(=O)n1c(Br)nc(Br)c1Br. The summed E-state index contributed by atoms with van der Waals surface area (Å²) in [6.45, 7) is 1.13. The molecule has 18 heavy (non-hydrogen) atoms. The average Bonchev–Trinajstić information content (AvgIpc) is 2.38. The first-order chi connectivity index (χ1) is 8.10. The molecule has 1 aromatic heterocycles. The highest BCUT2D eigenvalue weighted by Gasteiger charge is 2.31. The number of hydrogen-bond donors (Lipinski definition) is 3. The van der Waals surface area contributed by atoms with Gasteiger partial charge in [-0.2, -0.15) is 0 Å². The zero-order valence-corrected chi connectivity index (χ0v) is 14.4. The molecule has 7 nitrogen and oxygen atoms in total. The largest absolute Gasteiger partial charge is 0.511 e. The third-order valence-corrected chi connectivity index (χ3v) is 6.46. The highest BCUT2D eigenvalue weighted by atomic mass is 79.9. The molecule has 100 valence electrons.